The summed E-state index contributed by atoms with van der Waals surface area (Å²) in [4.78, 5) is 25.8. The molecule has 1 N–H and O–H groups in total. The molecule has 10 heteroatoms. The predicted molar refractivity (Wildman–Crippen MR) is 92.2 cm³/mol. The van der Waals surface area contributed by atoms with Crippen molar-refractivity contribution < 1.29 is 26.8 Å². The van der Waals surface area contributed by atoms with Gasteiger partial charge in [-0.15, -0.1) is 0 Å². The zero-order valence-corrected chi connectivity index (χ0v) is 16.6. The molecular weight excluding hydrogens is 368 g/mol. The summed E-state index contributed by atoms with van der Waals surface area (Å²) in [6.07, 6.45) is -0.331. The molecule has 0 aromatic carbocycles. The number of sulfonamides is 1. The molecule has 0 aliphatic carbocycles. The zero-order chi connectivity index (χ0) is 20.1. The number of nitrogens with one attached hydrogen (secondary N) is 1. The van der Waals surface area contributed by atoms with Gasteiger partial charge >= 0.3 is 6.03 Å². The van der Waals surface area contributed by atoms with Gasteiger partial charge in [0.15, 0.2) is 0 Å². The number of rotatable bonds is 6. The van der Waals surface area contributed by atoms with Crippen LogP contribution in [0.1, 0.15) is 47.5 Å². The topological polar surface area (TPSA) is 86.8 Å². The van der Waals surface area contributed by atoms with Gasteiger partial charge in [-0.25, -0.2) is 22.0 Å². The summed E-state index contributed by atoms with van der Waals surface area (Å²) in [5.74, 6) is -4.33. The summed E-state index contributed by atoms with van der Waals surface area (Å²) in [7, 11) is -4.02. The molecule has 150 valence electrons. The number of imide groups is 1. The van der Waals surface area contributed by atoms with E-state index in [0.717, 1.165) is 9.21 Å². The van der Waals surface area contributed by atoms with Crippen LogP contribution in [0.2, 0.25) is 0 Å². The van der Waals surface area contributed by atoms with Crippen molar-refractivity contribution in [1.82, 2.24) is 14.5 Å². The molecule has 1 atom stereocenters. The van der Waals surface area contributed by atoms with E-state index in [9.17, 15) is 26.8 Å². The zero-order valence-electron chi connectivity index (χ0n) is 15.8. The van der Waals surface area contributed by atoms with Gasteiger partial charge in [-0.2, -0.15) is 4.31 Å². The van der Waals surface area contributed by atoms with Gasteiger partial charge in [0.25, 0.3) is 11.8 Å². The Balaban J connectivity index is 2.20. The van der Waals surface area contributed by atoms with Crippen LogP contribution >= 0.6 is 0 Å². The van der Waals surface area contributed by atoms with Crippen LogP contribution in [0.4, 0.5) is 13.6 Å². The van der Waals surface area contributed by atoms with Crippen LogP contribution < -0.4 is 5.32 Å². The lowest BCUT2D eigenvalue weighted by Crippen LogP contribution is -2.51. The van der Waals surface area contributed by atoms with E-state index >= 15 is 0 Å². The molecule has 2 rings (SSSR count). The highest BCUT2D eigenvalue weighted by Crippen LogP contribution is 2.41. The molecule has 26 heavy (non-hydrogen) atoms. The highest BCUT2D eigenvalue weighted by atomic mass is 32.2. The summed E-state index contributed by atoms with van der Waals surface area (Å²) >= 11 is 0. The first-order chi connectivity index (χ1) is 11.7. The van der Waals surface area contributed by atoms with Crippen molar-refractivity contribution >= 4 is 22.0 Å². The first-order valence-corrected chi connectivity index (χ1v) is 10.3. The number of hydrogen-bond donors (Lipinski definition) is 1. The predicted octanol–water partition coefficient (Wildman–Crippen LogP) is 1.79. The highest BCUT2D eigenvalue weighted by molar-refractivity contribution is 7.89. The van der Waals surface area contributed by atoms with Crippen LogP contribution in [0.5, 0.6) is 0 Å². The highest BCUT2D eigenvalue weighted by Gasteiger charge is 2.58. The maximum absolute atomic E-state index is 14.1. The molecule has 3 amide bonds. The Morgan fingerprint density at radius 3 is 2.31 bits per heavy atom. The Kier molecular flexibility index (Phi) is 5.17. The number of nitrogens with zero attached hydrogens (tertiary/aromatic N) is 2. The van der Waals surface area contributed by atoms with Crippen LogP contribution in [0.15, 0.2) is 0 Å². The number of carbonyl (C=O) groups is 2. The Hall–Kier alpha value is -1.29. The van der Waals surface area contributed by atoms with Gasteiger partial charge < -0.3 is 5.32 Å². The molecule has 2 heterocycles. The fourth-order valence-electron chi connectivity index (χ4n) is 3.53. The van der Waals surface area contributed by atoms with Gasteiger partial charge in [0, 0.05) is 31.0 Å². The first-order valence-electron chi connectivity index (χ1n) is 8.70. The molecule has 2 saturated heterocycles. The Labute approximate surface area is 153 Å². The van der Waals surface area contributed by atoms with Gasteiger partial charge in [0.1, 0.15) is 5.54 Å². The number of hydrogen-bond acceptors (Lipinski definition) is 4. The molecule has 2 aliphatic rings. The molecule has 0 aromatic heterocycles. The van der Waals surface area contributed by atoms with Gasteiger partial charge in [0.05, 0.1) is 5.75 Å². The molecule has 1 spiro atoms. The normalized spacial score (nSPS) is 25.6. The van der Waals surface area contributed by atoms with Gasteiger partial charge in [0.2, 0.25) is 10.0 Å². The van der Waals surface area contributed by atoms with Crippen molar-refractivity contribution in [2.75, 3.05) is 18.8 Å². The lowest BCUT2D eigenvalue weighted by Gasteiger charge is -2.34. The summed E-state index contributed by atoms with van der Waals surface area (Å²) in [6.45, 7) is 6.92. The summed E-state index contributed by atoms with van der Waals surface area (Å²) in [5.41, 5.74) is -3.05. The largest absolute Gasteiger partial charge is 0.325 e. The lowest BCUT2D eigenvalue weighted by atomic mass is 9.86. The maximum atomic E-state index is 14.1. The van der Waals surface area contributed by atoms with E-state index < -0.39 is 51.0 Å². The number of urea groups is 1. The van der Waals surface area contributed by atoms with Gasteiger partial charge in [-0.3, -0.25) is 9.69 Å². The van der Waals surface area contributed by atoms with E-state index in [1.54, 1.807) is 13.8 Å². The molecule has 7 nitrogen and oxygen atoms in total. The third kappa shape index (κ3) is 3.33. The molecule has 1 unspecified atom stereocenters. The van der Waals surface area contributed by atoms with E-state index in [-0.39, 0.29) is 25.6 Å². The molecule has 0 saturated carbocycles. The second-order valence-electron chi connectivity index (χ2n) is 8.06. The SMILES string of the molecule is CCC(F)(F)C(C)(C)CS(=O)(=O)N1CCC2(C1)NC(=O)N(C(C)C)C2=O. The Bertz CT molecular complexity index is 708. The summed E-state index contributed by atoms with van der Waals surface area (Å²) in [5, 5.41) is 2.60. The van der Waals surface area contributed by atoms with Crippen LogP contribution in [0.3, 0.4) is 0 Å². The molecular formula is C16H27F2N3O4S. The minimum atomic E-state index is -4.02. The molecule has 0 radical (unpaired) electrons. The van der Waals surface area contributed by atoms with E-state index in [4.69, 9.17) is 0 Å². The second-order valence-corrected chi connectivity index (χ2v) is 10.0. The van der Waals surface area contributed by atoms with Crippen molar-refractivity contribution in [3.63, 3.8) is 0 Å². The number of carbonyl (C=O) groups excluding carboxylic acids is 2. The van der Waals surface area contributed by atoms with Gasteiger partial charge in [-0.1, -0.05) is 20.8 Å². The van der Waals surface area contributed by atoms with Crippen LogP contribution in [-0.2, 0) is 14.8 Å². The summed E-state index contributed by atoms with van der Waals surface area (Å²) in [6, 6.07) is -0.906. The fraction of sp³-hybridized carbons (Fsp3) is 0.875. The van der Waals surface area contributed by atoms with E-state index in [2.05, 4.69) is 5.32 Å². The summed E-state index contributed by atoms with van der Waals surface area (Å²) < 4.78 is 54.7. The van der Waals surface area contributed by atoms with Crippen LogP contribution in [0.25, 0.3) is 0 Å². The van der Waals surface area contributed by atoms with Crippen molar-refractivity contribution in [3.05, 3.63) is 0 Å². The smallest absolute Gasteiger partial charge is 0.322 e. The van der Waals surface area contributed by atoms with Crippen molar-refractivity contribution in [3.8, 4) is 0 Å². The third-order valence-electron chi connectivity index (χ3n) is 5.31. The first kappa shape index (κ1) is 21.0. The molecule has 2 aliphatic heterocycles. The number of alkyl halides is 2. The Morgan fingerprint density at radius 1 is 1.27 bits per heavy atom. The molecule has 0 aromatic rings. The minimum Gasteiger partial charge on any atom is -0.322 e. The van der Waals surface area contributed by atoms with Crippen LogP contribution in [0, 0.1) is 5.41 Å². The number of amides is 3. The quantitative estimate of drug-likeness (QED) is 0.695. The van der Waals surface area contributed by atoms with E-state index in [0.29, 0.717) is 0 Å². The van der Waals surface area contributed by atoms with E-state index in [1.807, 2.05) is 0 Å². The van der Waals surface area contributed by atoms with Crippen LogP contribution in [-0.4, -0.2) is 65.9 Å². The molecule has 0 bridgehead atoms. The number of halogens is 2. The molecule has 2 fully saturated rings. The average Bonchev–Trinajstić information content (AvgIpc) is 3.01. The minimum absolute atomic E-state index is 0.00800. The van der Waals surface area contributed by atoms with E-state index in [1.165, 1.54) is 20.8 Å². The maximum Gasteiger partial charge on any atom is 0.325 e. The monoisotopic (exact) mass is 395 g/mol. The van der Waals surface area contributed by atoms with Crippen molar-refractivity contribution in [2.45, 2.75) is 65.0 Å². The second kappa shape index (κ2) is 6.40. The van der Waals surface area contributed by atoms with Crippen molar-refractivity contribution in [1.29, 1.82) is 0 Å². The average molecular weight is 395 g/mol. The fourth-order valence-corrected chi connectivity index (χ4v) is 5.62. The standard InChI is InChI=1S/C16H27F2N3O4S/c1-6-16(17,18)14(4,5)10-26(24,25)20-8-7-15(9-20)12(22)21(11(2)3)13(23)19-15/h11H,6-10H2,1-5H3,(H,19,23). The van der Waals surface area contributed by atoms with Gasteiger partial charge in [-0.05, 0) is 20.3 Å². The Morgan fingerprint density at radius 2 is 1.85 bits per heavy atom. The lowest BCUT2D eigenvalue weighted by molar-refractivity contribution is -0.131. The van der Waals surface area contributed by atoms with Crippen molar-refractivity contribution in [2.24, 2.45) is 5.41 Å². The third-order valence-corrected chi connectivity index (χ3v) is 7.50.